The molecule has 1 atom stereocenters. The molecule has 76 valence electrons. The fourth-order valence-corrected chi connectivity index (χ4v) is 1.72. The molecule has 0 aliphatic carbocycles. The van der Waals surface area contributed by atoms with Gasteiger partial charge in [0, 0.05) is 5.56 Å². The number of hydrogen-bond donors (Lipinski definition) is 1. The Hall–Kier alpha value is -1.22. The molecule has 1 N–H and O–H groups in total. The second-order valence-corrected chi connectivity index (χ2v) is 3.39. The molecule has 1 aromatic carbocycles. The number of rotatable bonds is 1. The van der Waals surface area contributed by atoms with Crippen LogP contribution in [0.3, 0.4) is 0 Å². The van der Waals surface area contributed by atoms with E-state index in [0.29, 0.717) is 18.1 Å². The van der Waals surface area contributed by atoms with E-state index in [0.717, 1.165) is 18.4 Å². The predicted octanol–water partition coefficient (Wildman–Crippen LogP) is 1.90. The summed E-state index contributed by atoms with van der Waals surface area (Å²) in [7, 11) is 1.61. The summed E-state index contributed by atoms with van der Waals surface area (Å²) in [6.45, 7) is 0.643. The molecule has 0 unspecified atom stereocenters. The number of hydrogen-bond acceptors (Lipinski definition) is 3. The lowest BCUT2D eigenvalue weighted by atomic mass is 10.0. The fourth-order valence-electron chi connectivity index (χ4n) is 1.72. The van der Waals surface area contributed by atoms with Crippen LogP contribution in [-0.4, -0.2) is 18.8 Å². The van der Waals surface area contributed by atoms with E-state index in [1.54, 1.807) is 7.11 Å². The largest absolute Gasteiger partial charge is 0.493 e. The quantitative estimate of drug-likeness (QED) is 0.742. The zero-order valence-electron chi connectivity index (χ0n) is 8.19. The second-order valence-electron chi connectivity index (χ2n) is 3.39. The minimum absolute atomic E-state index is 0.428. The third kappa shape index (κ3) is 1.55. The zero-order valence-corrected chi connectivity index (χ0v) is 8.19. The molecule has 0 aromatic heterocycles. The maximum atomic E-state index is 9.83. The summed E-state index contributed by atoms with van der Waals surface area (Å²) in [6.07, 6.45) is 1.20. The van der Waals surface area contributed by atoms with Crippen LogP contribution in [0.5, 0.6) is 11.5 Å². The summed E-state index contributed by atoms with van der Waals surface area (Å²) in [5.41, 5.74) is 0.835. The van der Waals surface area contributed by atoms with Gasteiger partial charge in [-0.25, -0.2) is 0 Å². The highest BCUT2D eigenvalue weighted by molar-refractivity contribution is 5.48. The van der Waals surface area contributed by atoms with E-state index in [-0.39, 0.29) is 0 Å². The molecule has 2 rings (SSSR count). The van der Waals surface area contributed by atoms with Gasteiger partial charge in [-0.3, -0.25) is 0 Å². The molecule has 0 fully saturated rings. The van der Waals surface area contributed by atoms with Crippen LogP contribution in [0.2, 0.25) is 0 Å². The molecule has 1 aliphatic rings. The van der Waals surface area contributed by atoms with Crippen LogP contribution in [0.1, 0.15) is 24.5 Å². The monoisotopic (exact) mass is 194 g/mol. The van der Waals surface area contributed by atoms with Crippen molar-refractivity contribution in [1.29, 1.82) is 0 Å². The van der Waals surface area contributed by atoms with Gasteiger partial charge in [-0.05, 0) is 18.9 Å². The molecule has 0 radical (unpaired) electrons. The Balaban J connectivity index is 2.46. The number of aliphatic hydroxyl groups is 1. The van der Waals surface area contributed by atoms with Gasteiger partial charge in [-0.2, -0.15) is 0 Å². The molecule has 1 aliphatic heterocycles. The minimum atomic E-state index is -0.428. The second kappa shape index (κ2) is 3.88. The third-order valence-electron chi connectivity index (χ3n) is 2.46. The van der Waals surface area contributed by atoms with Crippen molar-refractivity contribution in [1.82, 2.24) is 0 Å². The first-order chi connectivity index (χ1) is 6.83. The SMILES string of the molecule is COc1cccc2c1OCCC[C@@H]2O. The van der Waals surface area contributed by atoms with Gasteiger partial charge in [0.15, 0.2) is 11.5 Å². The number of aliphatic hydroxyl groups excluding tert-OH is 1. The zero-order chi connectivity index (χ0) is 9.97. The normalized spacial score (nSPS) is 20.6. The Bertz CT molecular complexity index is 322. The van der Waals surface area contributed by atoms with Crippen molar-refractivity contribution in [2.24, 2.45) is 0 Å². The van der Waals surface area contributed by atoms with Crippen LogP contribution in [0.15, 0.2) is 18.2 Å². The molecule has 0 spiro atoms. The van der Waals surface area contributed by atoms with Crippen LogP contribution in [0.25, 0.3) is 0 Å². The smallest absolute Gasteiger partial charge is 0.166 e. The first-order valence-electron chi connectivity index (χ1n) is 4.80. The maximum absolute atomic E-state index is 9.83. The van der Waals surface area contributed by atoms with Crippen LogP contribution >= 0.6 is 0 Å². The number of ether oxygens (including phenoxy) is 2. The summed E-state index contributed by atoms with van der Waals surface area (Å²) in [5, 5.41) is 9.83. The lowest BCUT2D eigenvalue weighted by Crippen LogP contribution is -1.98. The molecule has 0 amide bonds. The maximum Gasteiger partial charge on any atom is 0.166 e. The Labute approximate surface area is 83.3 Å². The highest BCUT2D eigenvalue weighted by Crippen LogP contribution is 2.38. The Kier molecular flexibility index (Phi) is 2.59. The summed E-state index contributed by atoms with van der Waals surface area (Å²) in [4.78, 5) is 0. The van der Waals surface area contributed by atoms with E-state index in [1.807, 2.05) is 18.2 Å². The van der Waals surface area contributed by atoms with Gasteiger partial charge in [0.2, 0.25) is 0 Å². The molecule has 14 heavy (non-hydrogen) atoms. The standard InChI is InChI=1S/C11H14O3/c1-13-10-6-2-4-8-9(12)5-3-7-14-11(8)10/h2,4,6,9,12H,3,5,7H2,1H3/t9-/m0/s1. The molecule has 3 nitrogen and oxygen atoms in total. The van der Waals surface area contributed by atoms with E-state index in [1.165, 1.54) is 0 Å². The van der Waals surface area contributed by atoms with Crippen molar-refractivity contribution >= 4 is 0 Å². The average molecular weight is 194 g/mol. The molecule has 3 heteroatoms. The number of benzene rings is 1. The van der Waals surface area contributed by atoms with E-state index < -0.39 is 6.10 Å². The van der Waals surface area contributed by atoms with Crippen LogP contribution in [0.4, 0.5) is 0 Å². The van der Waals surface area contributed by atoms with Crippen molar-refractivity contribution in [2.75, 3.05) is 13.7 Å². The molecule has 0 saturated carbocycles. The summed E-state index contributed by atoms with van der Waals surface area (Å²) in [5.74, 6) is 1.39. The van der Waals surface area contributed by atoms with Crippen LogP contribution < -0.4 is 9.47 Å². The van der Waals surface area contributed by atoms with Crippen LogP contribution in [0, 0.1) is 0 Å². The van der Waals surface area contributed by atoms with Crippen molar-refractivity contribution in [2.45, 2.75) is 18.9 Å². The van der Waals surface area contributed by atoms with Gasteiger partial charge in [-0.15, -0.1) is 0 Å². The fraction of sp³-hybridized carbons (Fsp3) is 0.455. The van der Waals surface area contributed by atoms with Gasteiger partial charge < -0.3 is 14.6 Å². The topological polar surface area (TPSA) is 38.7 Å². The number of fused-ring (bicyclic) bond motifs is 1. The van der Waals surface area contributed by atoms with Crippen molar-refractivity contribution in [3.8, 4) is 11.5 Å². The van der Waals surface area contributed by atoms with Gasteiger partial charge in [0.25, 0.3) is 0 Å². The number of methoxy groups -OCH3 is 1. The molecular weight excluding hydrogens is 180 g/mol. The first-order valence-corrected chi connectivity index (χ1v) is 4.80. The first kappa shape index (κ1) is 9.34. The van der Waals surface area contributed by atoms with Crippen molar-refractivity contribution in [3.05, 3.63) is 23.8 Å². The van der Waals surface area contributed by atoms with Gasteiger partial charge >= 0.3 is 0 Å². The molecule has 1 aromatic rings. The van der Waals surface area contributed by atoms with E-state index in [4.69, 9.17) is 9.47 Å². The molecule has 1 heterocycles. The third-order valence-corrected chi connectivity index (χ3v) is 2.46. The Morgan fingerprint density at radius 2 is 2.36 bits per heavy atom. The summed E-state index contributed by atoms with van der Waals surface area (Å²) in [6, 6.07) is 5.60. The Morgan fingerprint density at radius 1 is 1.50 bits per heavy atom. The summed E-state index contributed by atoms with van der Waals surface area (Å²) >= 11 is 0. The van der Waals surface area contributed by atoms with Crippen molar-refractivity contribution in [3.63, 3.8) is 0 Å². The Morgan fingerprint density at radius 3 is 3.14 bits per heavy atom. The highest BCUT2D eigenvalue weighted by Gasteiger charge is 2.20. The van der Waals surface area contributed by atoms with E-state index in [9.17, 15) is 5.11 Å². The highest BCUT2D eigenvalue weighted by atomic mass is 16.5. The molecule has 0 saturated heterocycles. The van der Waals surface area contributed by atoms with E-state index >= 15 is 0 Å². The average Bonchev–Trinajstić information content (AvgIpc) is 2.41. The van der Waals surface area contributed by atoms with Gasteiger partial charge in [-0.1, -0.05) is 12.1 Å². The lowest BCUT2D eigenvalue weighted by Gasteiger charge is -2.13. The minimum Gasteiger partial charge on any atom is -0.493 e. The predicted molar refractivity (Wildman–Crippen MR) is 52.7 cm³/mol. The van der Waals surface area contributed by atoms with E-state index in [2.05, 4.69) is 0 Å². The molecule has 0 bridgehead atoms. The number of para-hydroxylation sites is 1. The summed E-state index contributed by atoms with van der Waals surface area (Å²) < 4.78 is 10.7. The van der Waals surface area contributed by atoms with Crippen LogP contribution in [-0.2, 0) is 0 Å². The lowest BCUT2D eigenvalue weighted by molar-refractivity contribution is 0.167. The van der Waals surface area contributed by atoms with Gasteiger partial charge in [0.1, 0.15) is 0 Å². The molecular formula is C11H14O3. The van der Waals surface area contributed by atoms with Gasteiger partial charge in [0.05, 0.1) is 19.8 Å². The van der Waals surface area contributed by atoms with Crippen molar-refractivity contribution < 1.29 is 14.6 Å².